The molecule has 2 amide bonds. The van der Waals surface area contributed by atoms with Crippen LogP contribution in [0.4, 0.5) is 5.82 Å². The van der Waals surface area contributed by atoms with Crippen LogP contribution in [-0.4, -0.2) is 47.2 Å². The number of carbonyl (C=O) groups is 2. The number of halogens is 1. The van der Waals surface area contributed by atoms with Gasteiger partial charge in [-0.3, -0.25) is 14.5 Å². The van der Waals surface area contributed by atoms with Crippen LogP contribution in [0, 0.1) is 0 Å². The predicted octanol–water partition coefficient (Wildman–Crippen LogP) is 5.25. The molecule has 10 heteroatoms. The number of fused-ring (bicyclic) bond motifs is 2. The van der Waals surface area contributed by atoms with Crippen LogP contribution >= 0.6 is 23.4 Å². The fraction of sp³-hybridized carbons (Fsp3) is 0.393. The summed E-state index contributed by atoms with van der Waals surface area (Å²) >= 11 is 8.18. The van der Waals surface area contributed by atoms with E-state index in [1.807, 2.05) is 43.3 Å². The molecule has 5 rings (SSSR count). The molecular formula is C28H31ClN4O4S. The maximum absolute atomic E-state index is 13.7. The first-order valence-corrected chi connectivity index (χ1v) is 14.1. The number of benzene rings is 2. The van der Waals surface area contributed by atoms with Gasteiger partial charge in [0.05, 0.1) is 27.4 Å². The second-order valence-electron chi connectivity index (χ2n) is 10.3. The van der Waals surface area contributed by atoms with E-state index in [4.69, 9.17) is 26.2 Å². The number of thioether (sulfide) groups is 1. The van der Waals surface area contributed by atoms with Gasteiger partial charge in [-0.05, 0) is 36.2 Å². The summed E-state index contributed by atoms with van der Waals surface area (Å²) in [7, 11) is 0. The highest BCUT2D eigenvalue weighted by Gasteiger charge is 2.40. The van der Waals surface area contributed by atoms with Crippen molar-refractivity contribution in [2.45, 2.75) is 44.8 Å². The lowest BCUT2D eigenvalue weighted by Gasteiger charge is -2.24. The quantitative estimate of drug-likeness (QED) is 0.448. The third-order valence-electron chi connectivity index (χ3n) is 6.45. The molecule has 3 heterocycles. The Morgan fingerprint density at radius 2 is 1.95 bits per heavy atom. The average Bonchev–Trinajstić information content (AvgIpc) is 3.48. The van der Waals surface area contributed by atoms with Gasteiger partial charge in [0.2, 0.25) is 18.6 Å². The van der Waals surface area contributed by atoms with Crippen molar-refractivity contribution in [1.29, 1.82) is 0 Å². The second kappa shape index (κ2) is 10.5. The molecule has 1 aromatic heterocycles. The smallest absolute Gasteiger partial charge is 0.240 e. The molecule has 8 nitrogen and oxygen atoms in total. The number of amides is 2. The maximum Gasteiger partial charge on any atom is 0.240 e. The Morgan fingerprint density at radius 3 is 2.68 bits per heavy atom. The number of carbonyl (C=O) groups excluding carboxylic acids is 2. The molecule has 2 aliphatic heterocycles. The zero-order chi connectivity index (χ0) is 27.0. The standard InChI is InChI=1S/C28H31ClN4O4S/c1-5-12-30-22(34)14-32-23(35)15-38-25(17-10-11-20-21(13-17)37-16-36-20)24-26(28(2,3)4)31-33(27(24)32)19-9-7-6-8-18(19)29/h6-11,13,25H,5,12,14-16H2,1-4H3,(H,30,34)/t25-/m1/s1. The van der Waals surface area contributed by atoms with Crippen LogP contribution in [0.5, 0.6) is 11.5 Å². The molecular weight excluding hydrogens is 524 g/mol. The van der Waals surface area contributed by atoms with E-state index in [-0.39, 0.29) is 41.6 Å². The van der Waals surface area contributed by atoms with Gasteiger partial charge in [-0.15, -0.1) is 11.8 Å². The number of rotatable bonds is 6. The van der Waals surface area contributed by atoms with Gasteiger partial charge >= 0.3 is 0 Å². The number of hydrogen-bond donors (Lipinski definition) is 1. The Balaban J connectivity index is 1.76. The minimum atomic E-state index is -0.366. The van der Waals surface area contributed by atoms with Gasteiger partial charge in [0.1, 0.15) is 12.4 Å². The SMILES string of the molecule is CCCNC(=O)CN1C(=O)CS[C@H](c2ccc3c(c2)OCO3)c2c(C(C)(C)C)nn(-c3ccccc3Cl)c21. The number of nitrogens with one attached hydrogen (secondary N) is 1. The van der Waals surface area contributed by atoms with E-state index >= 15 is 0 Å². The van der Waals surface area contributed by atoms with E-state index in [2.05, 4.69) is 26.1 Å². The van der Waals surface area contributed by atoms with Crippen LogP contribution in [0.3, 0.4) is 0 Å². The molecule has 2 aromatic carbocycles. The number of nitrogens with zero attached hydrogens (tertiary/aromatic N) is 3. The summed E-state index contributed by atoms with van der Waals surface area (Å²) in [4.78, 5) is 28.2. The summed E-state index contributed by atoms with van der Waals surface area (Å²) in [5, 5.41) is 8.24. The number of hydrogen-bond acceptors (Lipinski definition) is 6. The van der Waals surface area contributed by atoms with E-state index in [9.17, 15) is 9.59 Å². The molecule has 38 heavy (non-hydrogen) atoms. The molecule has 2 aliphatic rings. The monoisotopic (exact) mass is 554 g/mol. The van der Waals surface area contributed by atoms with Crippen molar-refractivity contribution < 1.29 is 19.1 Å². The average molecular weight is 555 g/mol. The van der Waals surface area contributed by atoms with Gasteiger partial charge in [-0.25, -0.2) is 4.68 Å². The van der Waals surface area contributed by atoms with E-state index < -0.39 is 0 Å². The highest BCUT2D eigenvalue weighted by Crippen LogP contribution is 2.50. The highest BCUT2D eigenvalue weighted by molar-refractivity contribution is 8.00. The zero-order valence-corrected chi connectivity index (χ0v) is 23.5. The summed E-state index contributed by atoms with van der Waals surface area (Å²) in [5.41, 5.74) is 2.96. The Labute approximate surface area is 231 Å². The lowest BCUT2D eigenvalue weighted by atomic mass is 9.87. The Bertz CT molecular complexity index is 1380. The predicted molar refractivity (Wildman–Crippen MR) is 150 cm³/mol. The normalized spacial score (nSPS) is 16.8. The molecule has 0 spiro atoms. The molecule has 0 bridgehead atoms. The molecule has 3 aromatic rings. The molecule has 200 valence electrons. The number of anilines is 1. The van der Waals surface area contributed by atoms with Gasteiger partial charge < -0.3 is 14.8 Å². The fourth-order valence-corrected chi connectivity index (χ4v) is 6.07. The number of aromatic nitrogens is 2. The minimum absolute atomic E-state index is 0.111. The molecule has 0 unspecified atom stereocenters. The Morgan fingerprint density at radius 1 is 1.18 bits per heavy atom. The van der Waals surface area contributed by atoms with Crippen LogP contribution in [0.15, 0.2) is 42.5 Å². The second-order valence-corrected chi connectivity index (χ2v) is 11.8. The maximum atomic E-state index is 13.7. The van der Waals surface area contributed by atoms with Crippen LogP contribution in [0.1, 0.15) is 56.2 Å². The molecule has 0 saturated heterocycles. The van der Waals surface area contributed by atoms with Gasteiger partial charge in [-0.2, -0.15) is 5.10 Å². The third-order valence-corrected chi connectivity index (χ3v) is 8.03. The van der Waals surface area contributed by atoms with Crippen molar-refractivity contribution in [3.8, 4) is 17.2 Å². The zero-order valence-electron chi connectivity index (χ0n) is 21.9. The molecule has 1 N–H and O–H groups in total. The summed E-state index contributed by atoms with van der Waals surface area (Å²) < 4.78 is 12.9. The van der Waals surface area contributed by atoms with Gasteiger partial charge in [0.15, 0.2) is 11.5 Å². The van der Waals surface area contributed by atoms with E-state index in [1.165, 1.54) is 11.8 Å². The number of ether oxygens (including phenoxy) is 2. The van der Waals surface area contributed by atoms with Crippen molar-refractivity contribution in [2.24, 2.45) is 0 Å². The summed E-state index contributed by atoms with van der Waals surface area (Å²) in [6, 6.07) is 13.3. The molecule has 0 radical (unpaired) electrons. The summed E-state index contributed by atoms with van der Waals surface area (Å²) in [6.45, 7) is 8.89. The minimum Gasteiger partial charge on any atom is -0.454 e. The van der Waals surface area contributed by atoms with E-state index in [1.54, 1.807) is 15.6 Å². The van der Waals surface area contributed by atoms with Crippen molar-refractivity contribution in [1.82, 2.24) is 15.1 Å². The van der Waals surface area contributed by atoms with Crippen molar-refractivity contribution in [2.75, 3.05) is 30.5 Å². The first kappa shape index (κ1) is 26.4. The molecule has 1 atom stereocenters. The third kappa shape index (κ3) is 4.97. The number of para-hydroxylation sites is 1. The van der Waals surface area contributed by atoms with Crippen molar-refractivity contribution in [3.05, 3.63) is 64.3 Å². The first-order chi connectivity index (χ1) is 18.2. The lowest BCUT2D eigenvalue weighted by Crippen LogP contribution is -2.42. The molecule has 0 fully saturated rings. The highest BCUT2D eigenvalue weighted by atomic mass is 35.5. The topological polar surface area (TPSA) is 85.7 Å². The van der Waals surface area contributed by atoms with Gasteiger partial charge in [0.25, 0.3) is 0 Å². The van der Waals surface area contributed by atoms with Gasteiger partial charge in [-0.1, -0.05) is 57.5 Å². The van der Waals surface area contributed by atoms with Crippen molar-refractivity contribution in [3.63, 3.8) is 0 Å². The van der Waals surface area contributed by atoms with Crippen LogP contribution in [0.25, 0.3) is 5.69 Å². The van der Waals surface area contributed by atoms with Crippen molar-refractivity contribution >= 4 is 41.0 Å². The first-order valence-electron chi connectivity index (χ1n) is 12.7. The van der Waals surface area contributed by atoms with E-state index in [0.717, 1.165) is 23.2 Å². The van der Waals surface area contributed by atoms with E-state index in [0.29, 0.717) is 34.6 Å². The summed E-state index contributed by atoms with van der Waals surface area (Å²) in [6.07, 6.45) is 0.804. The Kier molecular flexibility index (Phi) is 7.33. The molecule has 0 saturated carbocycles. The van der Waals surface area contributed by atoms with Gasteiger partial charge in [0, 0.05) is 17.5 Å². The Hall–Kier alpha value is -3.17. The fourth-order valence-electron chi connectivity index (χ4n) is 4.67. The van der Waals surface area contributed by atoms with Crippen LogP contribution < -0.4 is 19.7 Å². The molecule has 0 aliphatic carbocycles. The lowest BCUT2D eigenvalue weighted by molar-refractivity contribution is -0.122. The van der Waals surface area contributed by atoms with Crippen LogP contribution in [-0.2, 0) is 15.0 Å². The largest absolute Gasteiger partial charge is 0.454 e. The summed E-state index contributed by atoms with van der Waals surface area (Å²) in [5.74, 6) is 1.74. The van der Waals surface area contributed by atoms with Crippen LogP contribution in [0.2, 0.25) is 5.02 Å².